The number of aliphatic carboxylic acids is 1. The highest BCUT2D eigenvalue weighted by Crippen LogP contribution is 2.33. The Morgan fingerprint density at radius 3 is 2.48 bits per heavy atom. The fourth-order valence-electron chi connectivity index (χ4n) is 2.31. The molecule has 0 radical (unpaired) electrons. The highest BCUT2D eigenvalue weighted by atomic mass is 16.5. The molecular weight excluding hydrogens is 296 g/mol. The van der Waals surface area contributed by atoms with Crippen LogP contribution in [0, 0.1) is 6.92 Å². The van der Waals surface area contributed by atoms with Gasteiger partial charge in [0.2, 0.25) is 0 Å². The SMILES string of the molecule is COc1cc(C[C@@H](O)C(=O)O)cc(C)c1OCc1ccccc1. The largest absolute Gasteiger partial charge is 0.493 e. The quantitative estimate of drug-likeness (QED) is 0.821. The van der Waals surface area contributed by atoms with Gasteiger partial charge < -0.3 is 19.7 Å². The van der Waals surface area contributed by atoms with Crippen molar-refractivity contribution < 1.29 is 24.5 Å². The highest BCUT2D eigenvalue weighted by Gasteiger charge is 2.17. The first-order valence-corrected chi connectivity index (χ1v) is 7.26. The van der Waals surface area contributed by atoms with Crippen molar-refractivity contribution in [3.8, 4) is 11.5 Å². The minimum absolute atomic E-state index is 0.0193. The first-order valence-electron chi connectivity index (χ1n) is 7.26. The van der Waals surface area contributed by atoms with Gasteiger partial charge in [0, 0.05) is 6.42 Å². The maximum atomic E-state index is 10.8. The molecule has 0 aliphatic rings. The fourth-order valence-corrected chi connectivity index (χ4v) is 2.31. The number of carbonyl (C=O) groups is 1. The summed E-state index contributed by atoms with van der Waals surface area (Å²) in [4.78, 5) is 10.8. The van der Waals surface area contributed by atoms with Crippen molar-refractivity contribution in [3.05, 3.63) is 59.2 Å². The second-order valence-electron chi connectivity index (χ2n) is 5.28. The molecule has 0 aliphatic heterocycles. The number of hydrogen-bond acceptors (Lipinski definition) is 4. The van der Waals surface area contributed by atoms with Crippen LogP contribution in [0.15, 0.2) is 42.5 Å². The lowest BCUT2D eigenvalue weighted by atomic mass is 10.0. The second kappa shape index (κ2) is 7.65. The van der Waals surface area contributed by atoms with E-state index in [1.54, 1.807) is 12.1 Å². The molecule has 0 bridgehead atoms. The molecule has 0 aliphatic carbocycles. The number of rotatable bonds is 7. The number of methoxy groups -OCH3 is 1. The van der Waals surface area contributed by atoms with Gasteiger partial charge in [-0.3, -0.25) is 0 Å². The van der Waals surface area contributed by atoms with E-state index >= 15 is 0 Å². The van der Waals surface area contributed by atoms with E-state index in [4.69, 9.17) is 14.6 Å². The highest BCUT2D eigenvalue weighted by molar-refractivity contribution is 5.72. The van der Waals surface area contributed by atoms with E-state index in [0.29, 0.717) is 23.7 Å². The van der Waals surface area contributed by atoms with Crippen LogP contribution in [0.1, 0.15) is 16.7 Å². The van der Waals surface area contributed by atoms with Gasteiger partial charge in [-0.2, -0.15) is 0 Å². The lowest BCUT2D eigenvalue weighted by Crippen LogP contribution is -2.22. The molecule has 23 heavy (non-hydrogen) atoms. The molecule has 5 heteroatoms. The van der Waals surface area contributed by atoms with Crippen molar-refractivity contribution in [2.45, 2.75) is 26.1 Å². The fraction of sp³-hybridized carbons (Fsp3) is 0.278. The minimum atomic E-state index is -1.44. The number of hydrogen-bond donors (Lipinski definition) is 2. The maximum Gasteiger partial charge on any atom is 0.332 e. The number of aliphatic hydroxyl groups excluding tert-OH is 1. The van der Waals surface area contributed by atoms with Gasteiger partial charge in [-0.1, -0.05) is 36.4 Å². The summed E-state index contributed by atoms with van der Waals surface area (Å²) in [5.74, 6) is -0.107. The van der Waals surface area contributed by atoms with E-state index in [2.05, 4.69) is 0 Å². The van der Waals surface area contributed by atoms with Crippen LogP contribution in [0.4, 0.5) is 0 Å². The van der Waals surface area contributed by atoms with Crippen molar-refractivity contribution in [3.63, 3.8) is 0 Å². The average Bonchev–Trinajstić information content (AvgIpc) is 2.54. The Morgan fingerprint density at radius 2 is 1.87 bits per heavy atom. The van der Waals surface area contributed by atoms with E-state index in [0.717, 1.165) is 11.1 Å². The average molecular weight is 316 g/mol. The van der Waals surface area contributed by atoms with Gasteiger partial charge in [-0.05, 0) is 29.7 Å². The summed E-state index contributed by atoms with van der Waals surface area (Å²) in [5.41, 5.74) is 2.55. The third-order valence-electron chi connectivity index (χ3n) is 3.46. The summed E-state index contributed by atoms with van der Waals surface area (Å²) in [7, 11) is 1.53. The number of carboxylic acid groups (broad SMARTS) is 1. The Hall–Kier alpha value is -2.53. The number of ether oxygens (including phenoxy) is 2. The topological polar surface area (TPSA) is 76.0 Å². The monoisotopic (exact) mass is 316 g/mol. The maximum absolute atomic E-state index is 10.8. The van der Waals surface area contributed by atoms with Crippen molar-refractivity contribution in [1.82, 2.24) is 0 Å². The lowest BCUT2D eigenvalue weighted by Gasteiger charge is -2.16. The van der Waals surface area contributed by atoms with Crippen LogP contribution >= 0.6 is 0 Å². The Labute approximate surface area is 135 Å². The predicted molar refractivity (Wildman–Crippen MR) is 85.9 cm³/mol. The molecule has 0 amide bonds. The zero-order valence-corrected chi connectivity index (χ0v) is 13.2. The van der Waals surface area contributed by atoms with E-state index in [1.165, 1.54) is 7.11 Å². The summed E-state index contributed by atoms with van der Waals surface area (Å²) in [5, 5.41) is 18.3. The molecule has 2 aromatic carbocycles. The van der Waals surface area contributed by atoms with Crippen LogP contribution < -0.4 is 9.47 Å². The first-order chi connectivity index (χ1) is 11.0. The minimum Gasteiger partial charge on any atom is -0.493 e. The molecule has 0 saturated heterocycles. The molecular formula is C18H20O5. The third kappa shape index (κ3) is 4.47. The van der Waals surface area contributed by atoms with Gasteiger partial charge >= 0.3 is 5.97 Å². The molecule has 2 N–H and O–H groups in total. The van der Waals surface area contributed by atoms with Crippen LogP contribution in [0.25, 0.3) is 0 Å². The van der Waals surface area contributed by atoms with Gasteiger partial charge in [-0.25, -0.2) is 4.79 Å². The van der Waals surface area contributed by atoms with Crippen LogP contribution in [-0.4, -0.2) is 29.4 Å². The zero-order chi connectivity index (χ0) is 16.8. The molecule has 0 aromatic heterocycles. The van der Waals surface area contributed by atoms with Crippen molar-refractivity contribution in [1.29, 1.82) is 0 Å². The Balaban J connectivity index is 2.18. The Morgan fingerprint density at radius 1 is 1.17 bits per heavy atom. The normalized spacial score (nSPS) is 11.8. The van der Waals surface area contributed by atoms with Gasteiger partial charge in [0.05, 0.1) is 7.11 Å². The molecule has 1 atom stereocenters. The van der Waals surface area contributed by atoms with Crippen molar-refractivity contribution >= 4 is 5.97 Å². The summed E-state index contributed by atoms with van der Waals surface area (Å²) >= 11 is 0. The molecule has 2 rings (SSSR count). The number of aliphatic hydroxyl groups is 1. The molecule has 0 fully saturated rings. The van der Waals surface area contributed by atoms with E-state index in [9.17, 15) is 9.90 Å². The molecule has 0 saturated carbocycles. The summed E-state index contributed by atoms with van der Waals surface area (Å²) in [6.07, 6.45) is -1.42. The van der Waals surface area contributed by atoms with Gasteiger partial charge in [0.1, 0.15) is 6.61 Å². The molecule has 0 heterocycles. The number of carboxylic acids is 1. The van der Waals surface area contributed by atoms with Crippen LogP contribution in [0.5, 0.6) is 11.5 Å². The number of aryl methyl sites for hydroxylation is 1. The smallest absolute Gasteiger partial charge is 0.332 e. The van der Waals surface area contributed by atoms with Crippen molar-refractivity contribution in [2.75, 3.05) is 7.11 Å². The predicted octanol–water partition coefficient (Wildman–Crippen LogP) is 2.57. The molecule has 122 valence electrons. The standard InChI is InChI=1S/C18H20O5/c1-12-8-14(9-15(19)18(20)21)10-16(22-2)17(12)23-11-13-6-4-3-5-7-13/h3-8,10,15,19H,9,11H2,1-2H3,(H,20,21)/t15-/m1/s1. The van der Waals surface area contributed by atoms with Gasteiger partial charge in [0.15, 0.2) is 17.6 Å². The van der Waals surface area contributed by atoms with Crippen LogP contribution in [0.2, 0.25) is 0 Å². The van der Waals surface area contributed by atoms with Gasteiger partial charge in [-0.15, -0.1) is 0 Å². The van der Waals surface area contributed by atoms with E-state index in [1.807, 2.05) is 37.3 Å². The summed E-state index contributed by atoms with van der Waals surface area (Å²) in [6.45, 7) is 2.27. The van der Waals surface area contributed by atoms with Gasteiger partial charge in [0.25, 0.3) is 0 Å². The van der Waals surface area contributed by atoms with Crippen LogP contribution in [-0.2, 0) is 17.8 Å². The van der Waals surface area contributed by atoms with Crippen molar-refractivity contribution in [2.24, 2.45) is 0 Å². The second-order valence-corrected chi connectivity index (χ2v) is 5.28. The molecule has 5 nitrogen and oxygen atoms in total. The molecule has 2 aromatic rings. The lowest BCUT2D eigenvalue weighted by molar-refractivity contribution is -0.146. The van der Waals surface area contributed by atoms with E-state index in [-0.39, 0.29) is 6.42 Å². The Kier molecular flexibility index (Phi) is 5.60. The zero-order valence-electron chi connectivity index (χ0n) is 13.2. The summed E-state index contributed by atoms with van der Waals surface area (Å²) < 4.78 is 11.2. The first kappa shape index (κ1) is 16.8. The molecule has 0 spiro atoms. The third-order valence-corrected chi connectivity index (χ3v) is 3.46. The molecule has 0 unspecified atom stereocenters. The number of benzene rings is 2. The summed E-state index contributed by atoms with van der Waals surface area (Å²) in [6, 6.07) is 13.3. The Bertz CT molecular complexity index is 667. The van der Waals surface area contributed by atoms with Crippen LogP contribution in [0.3, 0.4) is 0 Å². The van der Waals surface area contributed by atoms with E-state index < -0.39 is 12.1 Å².